The van der Waals surface area contributed by atoms with Crippen LogP contribution in [0.2, 0.25) is 0 Å². The van der Waals surface area contributed by atoms with Gasteiger partial charge in [-0.25, -0.2) is 0 Å². The minimum atomic E-state index is -0.582. The summed E-state index contributed by atoms with van der Waals surface area (Å²) < 4.78 is 1.28. The molecule has 0 atom stereocenters. The first-order valence-corrected chi connectivity index (χ1v) is 4.96. The quantitative estimate of drug-likeness (QED) is 0.555. The molecule has 0 radical (unpaired) electrons. The van der Waals surface area contributed by atoms with E-state index in [1.54, 1.807) is 14.1 Å². The number of nitro groups is 1. The van der Waals surface area contributed by atoms with Gasteiger partial charge in [0.15, 0.2) is 0 Å². The Labute approximate surface area is 91.8 Å². The van der Waals surface area contributed by atoms with Crippen molar-refractivity contribution in [1.29, 1.82) is 0 Å². The maximum atomic E-state index is 11.9. The Balaban J connectivity index is 2.31. The molecular weight excluding hydrogens is 212 g/mol. The van der Waals surface area contributed by atoms with Gasteiger partial charge in [0, 0.05) is 20.1 Å². The lowest BCUT2D eigenvalue weighted by molar-refractivity contribution is -0.385. The van der Waals surface area contributed by atoms with Crippen LogP contribution >= 0.6 is 0 Å². The Bertz CT molecular complexity index is 450. The normalized spacial score (nSPS) is 14.9. The molecule has 1 aliphatic rings. The molecule has 0 unspecified atom stereocenters. The molecule has 1 saturated carbocycles. The Hall–Kier alpha value is -1.92. The highest BCUT2D eigenvalue weighted by atomic mass is 16.6. The van der Waals surface area contributed by atoms with Crippen molar-refractivity contribution < 1.29 is 9.72 Å². The minimum Gasteiger partial charge on any atom is -0.337 e. The van der Waals surface area contributed by atoms with Crippen LogP contribution in [0.25, 0.3) is 0 Å². The van der Waals surface area contributed by atoms with E-state index in [2.05, 4.69) is 5.10 Å². The van der Waals surface area contributed by atoms with E-state index in [4.69, 9.17) is 0 Å². The van der Waals surface area contributed by atoms with Crippen LogP contribution < -0.4 is 0 Å². The maximum absolute atomic E-state index is 11.9. The smallest absolute Gasteiger partial charge is 0.320 e. The van der Waals surface area contributed by atoms with Gasteiger partial charge in [0.25, 0.3) is 5.91 Å². The maximum Gasteiger partial charge on any atom is 0.320 e. The van der Waals surface area contributed by atoms with E-state index >= 15 is 0 Å². The molecule has 1 aromatic heterocycles. The molecule has 2 rings (SSSR count). The number of carbonyl (C=O) groups is 1. The number of amides is 1. The van der Waals surface area contributed by atoms with Crippen molar-refractivity contribution in [1.82, 2.24) is 14.7 Å². The zero-order valence-corrected chi connectivity index (χ0v) is 9.08. The van der Waals surface area contributed by atoms with Crippen LogP contribution in [0, 0.1) is 10.1 Å². The fraction of sp³-hybridized carbons (Fsp3) is 0.556. The van der Waals surface area contributed by atoms with Gasteiger partial charge < -0.3 is 4.90 Å². The largest absolute Gasteiger partial charge is 0.337 e. The summed E-state index contributed by atoms with van der Waals surface area (Å²) in [6, 6.07) is 0.217. The van der Waals surface area contributed by atoms with Crippen LogP contribution in [-0.4, -0.2) is 38.6 Å². The molecule has 0 spiro atoms. The molecule has 1 aliphatic carbocycles. The number of nitrogens with zero attached hydrogens (tertiary/aromatic N) is 4. The molecule has 7 heteroatoms. The van der Waals surface area contributed by atoms with Crippen LogP contribution in [0.5, 0.6) is 0 Å². The summed E-state index contributed by atoms with van der Waals surface area (Å²) in [5, 5.41) is 14.6. The standard InChI is InChI=1S/C9H12N4O3/c1-11-5-7(13(15)16)8(10-11)9(14)12(2)6-3-4-6/h5-6H,3-4H2,1-2H3. The Morgan fingerprint density at radius 1 is 1.69 bits per heavy atom. The van der Waals surface area contributed by atoms with Gasteiger partial charge in [0.05, 0.1) is 4.92 Å². The first-order chi connectivity index (χ1) is 7.50. The number of hydrogen-bond donors (Lipinski definition) is 0. The van der Waals surface area contributed by atoms with E-state index in [0.717, 1.165) is 12.8 Å². The van der Waals surface area contributed by atoms with Crippen LogP contribution in [0.1, 0.15) is 23.3 Å². The Kier molecular flexibility index (Phi) is 2.37. The fourth-order valence-corrected chi connectivity index (χ4v) is 1.56. The first kappa shape index (κ1) is 10.6. The number of aromatic nitrogens is 2. The molecule has 16 heavy (non-hydrogen) atoms. The van der Waals surface area contributed by atoms with E-state index in [1.807, 2.05) is 0 Å². The van der Waals surface area contributed by atoms with Gasteiger partial charge in [-0.1, -0.05) is 0 Å². The highest BCUT2D eigenvalue weighted by Gasteiger charge is 2.34. The average molecular weight is 224 g/mol. The van der Waals surface area contributed by atoms with Crippen LogP contribution in [0.4, 0.5) is 5.69 Å². The second kappa shape index (κ2) is 3.58. The van der Waals surface area contributed by atoms with Crippen molar-refractivity contribution in [2.45, 2.75) is 18.9 Å². The molecule has 0 aromatic carbocycles. The monoisotopic (exact) mass is 224 g/mol. The average Bonchev–Trinajstić information content (AvgIpc) is 2.99. The highest BCUT2D eigenvalue weighted by Crippen LogP contribution is 2.28. The molecule has 0 aliphatic heterocycles. The summed E-state index contributed by atoms with van der Waals surface area (Å²) in [5.74, 6) is -0.380. The summed E-state index contributed by atoms with van der Waals surface area (Å²) in [7, 11) is 3.21. The third-order valence-corrected chi connectivity index (χ3v) is 2.62. The van der Waals surface area contributed by atoms with E-state index in [0.29, 0.717) is 0 Å². The van der Waals surface area contributed by atoms with Crippen molar-refractivity contribution >= 4 is 11.6 Å². The van der Waals surface area contributed by atoms with Crippen molar-refractivity contribution in [2.24, 2.45) is 7.05 Å². The molecule has 0 N–H and O–H groups in total. The number of hydrogen-bond acceptors (Lipinski definition) is 4. The Morgan fingerprint density at radius 2 is 2.31 bits per heavy atom. The second-order valence-corrected chi connectivity index (χ2v) is 3.94. The van der Waals surface area contributed by atoms with Crippen molar-refractivity contribution in [3.63, 3.8) is 0 Å². The topological polar surface area (TPSA) is 81.3 Å². The van der Waals surface area contributed by atoms with E-state index < -0.39 is 4.92 Å². The van der Waals surface area contributed by atoms with Gasteiger partial charge >= 0.3 is 5.69 Å². The number of carbonyl (C=O) groups excluding carboxylic acids is 1. The second-order valence-electron chi connectivity index (χ2n) is 3.94. The number of aryl methyl sites for hydroxylation is 1. The van der Waals surface area contributed by atoms with E-state index in [-0.39, 0.29) is 23.3 Å². The summed E-state index contributed by atoms with van der Waals surface area (Å²) >= 11 is 0. The van der Waals surface area contributed by atoms with Crippen LogP contribution in [0.15, 0.2) is 6.20 Å². The highest BCUT2D eigenvalue weighted by molar-refractivity contribution is 5.96. The SMILES string of the molecule is CN(C(=O)c1nn(C)cc1[N+](=O)[O-])C1CC1. The van der Waals surface area contributed by atoms with Gasteiger partial charge in [-0.2, -0.15) is 5.10 Å². The predicted octanol–water partition coefficient (Wildman–Crippen LogP) is 0.563. The molecule has 86 valence electrons. The van der Waals surface area contributed by atoms with Gasteiger partial charge in [-0.3, -0.25) is 19.6 Å². The third kappa shape index (κ3) is 1.75. The molecule has 1 fully saturated rings. The zero-order valence-electron chi connectivity index (χ0n) is 9.08. The number of rotatable bonds is 3. The van der Waals surface area contributed by atoms with Crippen LogP contribution in [-0.2, 0) is 7.05 Å². The predicted molar refractivity (Wildman–Crippen MR) is 55.0 cm³/mol. The first-order valence-electron chi connectivity index (χ1n) is 4.96. The van der Waals surface area contributed by atoms with E-state index in [1.165, 1.54) is 15.8 Å². The summed E-state index contributed by atoms with van der Waals surface area (Å²) in [6.45, 7) is 0. The zero-order chi connectivity index (χ0) is 11.9. The third-order valence-electron chi connectivity index (χ3n) is 2.62. The lowest BCUT2D eigenvalue weighted by atomic mass is 10.3. The lowest BCUT2D eigenvalue weighted by Gasteiger charge is -2.13. The van der Waals surface area contributed by atoms with Gasteiger partial charge in [-0.05, 0) is 12.8 Å². The molecule has 1 aromatic rings. The van der Waals surface area contributed by atoms with E-state index in [9.17, 15) is 14.9 Å². The molecule has 1 heterocycles. The van der Waals surface area contributed by atoms with Crippen molar-refractivity contribution in [3.8, 4) is 0 Å². The fourth-order valence-electron chi connectivity index (χ4n) is 1.56. The Morgan fingerprint density at radius 3 is 2.81 bits per heavy atom. The minimum absolute atomic E-state index is 0.0816. The summed E-state index contributed by atoms with van der Waals surface area (Å²) in [6.07, 6.45) is 3.17. The summed E-state index contributed by atoms with van der Waals surface area (Å²) in [5.41, 5.74) is -0.318. The van der Waals surface area contributed by atoms with Crippen molar-refractivity contribution in [2.75, 3.05) is 7.05 Å². The molecular formula is C9H12N4O3. The molecule has 0 bridgehead atoms. The van der Waals surface area contributed by atoms with Crippen LogP contribution in [0.3, 0.4) is 0 Å². The van der Waals surface area contributed by atoms with Gasteiger partial charge in [0.1, 0.15) is 6.20 Å². The molecule has 1 amide bonds. The van der Waals surface area contributed by atoms with Crippen molar-refractivity contribution in [3.05, 3.63) is 22.0 Å². The van der Waals surface area contributed by atoms with Gasteiger partial charge in [0.2, 0.25) is 5.69 Å². The molecule has 0 saturated heterocycles. The lowest BCUT2D eigenvalue weighted by Crippen LogP contribution is -2.29. The van der Waals surface area contributed by atoms with Gasteiger partial charge in [-0.15, -0.1) is 0 Å². The molecule has 7 nitrogen and oxygen atoms in total. The summed E-state index contributed by atoms with van der Waals surface area (Å²) in [4.78, 5) is 23.6.